The second kappa shape index (κ2) is 27.0. The van der Waals surface area contributed by atoms with E-state index in [1.54, 1.807) is 22.7 Å². The number of hydrogen-bond donors (Lipinski definition) is 0. The maximum atomic E-state index is 6.52. The van der Waals surface area contributed by atoms with E-state index in [1.807, 2.05) is 96.3 Å². The van der Waals surface area contributed by atoms with Crippen molar-refractivity contribution in [2.45, 2.75) is 0 Å². The van der Waals surface area contributed by atoms with Crippen LogP contribution in [0.2, 0.25) is 0 Å². The molecule has 10 aromatic heterocycles. The molecule has 0 saturated carbocycles. The summed E-state index contributed by atoms with van der Waals surface area (Å²) in [6.07, 6.45) is 0. The van der Waals surface area contributed by atoms with Crippen LogP contribution in [0.15, 0.2) is 379 Å². The molecular formula is C108H61N9O2S3. The fourth-order valence-corrected chi connectivity index (χ4v) is 22.3. The summed E-state index contributed by atoms with van der Waals surface area (Å²) in [5.74, 6) is 3.77. The van der Waals surface area contributed by atoms with E-state index in [9.17, 15) is 0 Å². The van der Waals surface area contributed by atoms with E-state index >= 15 is 0 Å². The molecule has 0 spiro atoms. The number of fused-ring (bicyclic) bond motifs is 26. The van der Waals surface area contributed by atoms with Crippen molar-refractivity contribution in [2.24, 2.45) is 0 Å². The molecular weight excluding hydrogens is 1550 g/mol. The van der Waals surface area contributed by atoms with Crippen LogP contribution in [0.25, 0.3) is 255 Å². The van der Waals surface area contributed by atoms with Gasteiger partial charge < -0.3 is 22.5 Å². The number of furan rings is 2. The van der Waals surface area contributed by atoms with Crippen molar-refractivity contribution in [3.05, 3.63) is 370 Å². The van der Waals surface area contributed by atoms with Gasteiger partial charge in [-0.15, -0.1) is 34.0 Å². The minimum Gasteiger partial charge on any atom is -0.456 e. The number of aromatic nitrogens is 9. The molecule has 0 atom stereocenters. The molecule has 0 aliphatic rings. The monoisotopic (exact) mass is 1610 g/mol. The highest BCUT2D eigenvalue weighted by atomic mass is 32.1. The van der Waals surface area contributed by atoms with Gasteiger partial charge in [0.05, 0.1) is 33.1 Å². The number of benzene rings is 17. The van der Waals surface area contributed by atoms with Gasteiger partial charge in [-0.3, -0.25) is 0 Å². The van der Waals surface area contributed by atoms with Gasteiger partial charge in [0.2, 0.25) is 0 Å². The Bertz CT molecular complexity index is 8920. The summed E-state index contributed by atoms with van der Waals surface area (Å²) in [7, 11) is 0. The van der Waals surface area contributed by atoms with Gasteiger partial charge in [-0.25, -0.2) is 29.9 Å². The van der Waals surface area contributed by atoms with Gasteiger partial charge in [-0.1, -0.05) is 249 Å². The molecule has 0 bridgehead atoms. The summed E-state index contributed by atoms with van der Waals surface area (Å²) < 4.78 is 27.4. The summed E-state index contributed by atoms with van der Waals surface area (Å²) in [5, 5.41) is 18.9. The summed E-state index contributed by atoms with van der Waals surface area (Å²) in [5.41, 5.74) is 19.2. The maximum Gasteiger partial charge on any atom is 0.165 e. The van der Waals surface area contributed by atoms with Crippen LogP contribution in [0.5, 0.6) is 0 Å². The van der Waals surface area contributed by atoms with Crippen LogP contribution in [-0.2, 0) is 0 Å². The molecule has 0 aliphatic carbocycles. The van der Waals surface area contributed by atoms with E-state index in [1.165, 1.54) is 78.2 Å². The van der Waals surface area contributed by atoms with Crippen molar-refractivity contribution in [1.82, 2.24) is 43.6 Å². The highest BCUT2D eigenvalue weighted by molar-refractivity contribution is 7.27. The first kappa shape index (κ1) is 68.5. The molecule has 11 nitrogen and oxygen atoms in total. The SMILES string of the molecule is c1ccc(-c2nc(-c3ccccc3)nc(-c3cc(-n4c5ccccc5c5cc6c(cc54)sc4ccccc46)cc4c3sc3ccc5oc6ccccc6c5c34)n2)cc1.c1ccc(-c2nc(-c3ccccc3)nc(-c3cc(-n4c5ccccc5c5cc6c7ccccc7n(-c7ccccc7)c6cc54)cc4c3sc3ccc5oc6ccccc6c5c34)n2)cc1. The molecule has 0 radical (unpaired) electrons. The zero-order chi connectivity index (χ0) is 79.8. The van der Waals surface area contributed by atoms with E-state index in [-0.39, 0.29) is 0 Å². The van der Waals surface area contributed by atoms with Crippen molar-refractivity contribution in [1.29, 1.82) is 0 Å². The van der Waals surface area contributed by atoms with Crippen LogP contribution >= 0.6 is 34.0 Å². The number of rotatable bonds is 9. The van der Waals surface area contributed by atoms with Gasteiger partial charge in [-0.2, -0.15) is 0 Å². The van der Waals surface area contributed by atoms with Gasteiger partial charge >= 0.3 is 0 Å². The third-order valence-corrected chi connectivity index (χ3v) is 27.7. The summed E-state index contributed by atoms with van der Waals surface area (Å²) >= 11 is 5.41. The Kier molecular flexibility index (Phi) is 15.1. The predicted octanol–water partition coefficient (Wildman–Crippen LogP) is 29.9. The number of nitrogens with zero attached hydrogens (tertiary/aromatic N) is 9. The van der Waals surface area contributed by atoms with Crippen LogP contribution in [0, 0.1) is 0 Å². The minimum atomic E-state index is 0.617. The normalized spacial score (nSPS) is 12.1. The van der Waals surface area contributed by atoms with Crippen molar-refractivity contribution in [3.8, 4) is 85.4 Å². The van der Waals surface area contributed by atoms with Gasteiger partial charge in [-0.05, 0) is 121 Å². The molecule has 0 N–H and O–H groups in total. The first-order valence-corrected chi connectivity index (χ1v) is 43.1. The fraction of sp³-hybridized carbons (Fsp3) is 0. The Labute approximate surface area is 706 Å². The van der Waals surface area contributed by atoms with E-state index in [0.717, 1.165) is 142 Å². The topological polar surface area (TPSA) is 118 Å². The Morgan fingerprint density at radius 3 is 0.967 bits per heavy atom. The first-order valence-electron chi connectivity index (χ1n) is 40.7. The Morgan fingerprint density at radius 1 is 0.189 bits per heavy atom. The third-order valence-electron chi connectivity index (χ3n) is 24.2. The van der Waals surface area contributed by atoms with Crippen molar-refractivity contribution in [3.63, 3.8) is 0 Å². The zero-order valence-electron chi connectivity index (χ0n) is 64.8. The number of thiophene rings is 3. The molecule has 122 heavy (non-hydrogen) atoms. The maximum absolute atomic E-state index is 6.52. The van der Waals surface area contributed by atoms with Crippen LogP contribution in [0.1, 0.15) is 0 Å². The molecule has 0 amide bonds. The van der Waals surface area contributed by atoms with Crippen LogP contribution in [-0.4, -0.2) is 43.6 Å². The number of para-hydroxylation sites is 6. The quantitative estimate of drug-likeness (QED) is 0.140. The molecule has 0 unspecified atom stereocenters. The summed E-state index contributed by atoms with van der Waals surface area (Å²) in [6, 6.07) is 131. The molecule has 17 aromatic carbocycles. The van der Waals surface area contributed by atoms with Crippen LogP contribution < -0.4 is 0 Å². The summed E-state index contributed by atoms with van der Waals surface area (Å²) in [4.78, 5) is 31.4. The van der Waals surface area contributed by atoms with Gasteiger partial charge in [0.1, 0.15) is 22.3 Å². The Balaban J connectivity index is 0.000000132. The fourth-order valence-electron chi connectivity index (χ4n) is 18.8. The largest absolute Gasteiger partial charge is 0.456 e. The van der Waals surface area contributed by atoms with Crippen molar-refractivity contribution in [2.75, 3.05) is 0 Å². The van der Waals surface area contributed by atoms with Crippen molar-refractivity contribution < 1.29 is 8.83 Å². The second-order valence-corrected chi connectivity index (χ2v) is 34.3. The van der Waals surface area contributed by atoms with Gasteiger partial charge in [0, 0.05) is 165 Å². The molecule has 14 heteroatoms. The average Bonchev–Trinajstić information content (AvgIpc) is 1.55. The molecule has 568 valence electrons. The third kappa shape index (κ3) is 10.6. The highest BCUT2D eigenvalue weighted by Crippen LogP contribution is 2.52. The zero-order valence-corrected chi connectivity index (χ0v) is 67.2. The summed E-state index contributed by atoms with van der Waals surface area (Å²) in [6.45, 7) is 0. The smallest absolute Gasteiger partial charge is 0.165 e. The van der Waals surface area contributed by atoms with E-state index < -0.39 is 0 Å². The highest BCUT2D eigenvalue weighted by Gasteiger charge is 2.28. The first-order chi connectivity index (χ1) is 60.5. The molecule has 0 aliphatic heterocycles. The van der Waals surface area contributed by atoms with Gasteiger partial charge in [0.25, 0.3) is 0 Å². The lowest BCUT2D eigenvalue weighted by atomic mass is 10.0. The lowest BCUT2D eigenvalue weighted by molar-refractivity contribution is 0.669. The lowest BCUT2D eigenvalue weighted by Gasteiger charge is -2.13. The Hall–Kier alpha value is -15.6. The second-order valence-electron chi connectivity index (χ2n) is 31.1. The van der Waals surface area contributed by atoms with Crippen LogP contribution in [0.4, 0.5) is 0 Å². The minimum absolute atomic E-state index is 0.617. The molecule has 0 fully saturated rings. The van der Waals surface area contributed by atoms with E-state index in [4.69, 9.17) is 38.7 Å². The van der Waals surface area contributed by atoms with Crippen molar-refractivity contribution >= 4 is 204 Å². The van der Waals surface area contributed by atoms with Crippen LogP contribution in [0.3, 0.4) is 0 Å². The standard InChI is InChI=1S/C57H33N5OS.C51H28N4OS2/c1-4-16-34(17-5-1)55-58-56(35-18-6-2-7-19-35)60-57(59-55)44-31-37(30-43-53-51(64-54(43)44)29-28-50-52(53)40-24-12-15-27-49(40)63-50)62-46-26-14-11-23-39(46)42-32-41-38-22-10-13-25-45(38)61(47(41)33-48(42)62)36-20-8-3-9-21-36;1-3-13-29(14-4-1)49-52-50(30-15-5-2-6-16-30)54-51(53-49)38-26-31(25-37-47-44(58-48(37)38)24-23-42-46(47)34-19-8-11-21-41(34)56-42)55-39-20-10-7-17-32(39)35-27-36-33-18-9-12-22-43(33)57-45(36)28-40(35)55/h1-33H;1-28H. The molecule has 10 heterocycles. The van der Waals surface area contributed by atoms with E-state index in [0.29, 0.717) is 34.9 Å². The molecule has 27 aromatic rings. The Morgan fingerprint density at radius 2 is 0.533 bits per heavy atom. The van der Waals surface area contributed by atoms with Gasteiger partial charge in [0.15, 0.2) is 34.9 Å². The number of hydrogen-bond acceptors (Lipinski definition) is 11. The lowest BCUT2D eigenvalue weighted by Crippen LogP contribution is -2.01. The molecule has 0 saturated heterocycles. The van der Waals surface area contributed by atoms with E-state index in [2.05, 4.69) is 299 Å². The predicted molar refractivity (Wildman–Crippen MR) is 509 cm³/mol. The molecule has 27 rings (SSSR count). The average molecular weight is 1610 g/mol.